The third kappa shape index (κ3) is 8.18. The van der Waals surface area contributed by atoms with Gasteiger partial charge in [0, 0.05) is 11.6 Å². The third-order valence-corrected chi connectivity index (χ3v) is 3.53. The fourth-order valence-corrected chi connectivity index (χ4v) is 2.19. The van der Waals surface area contributed by atoms with Gasteiger partial charge in [-0.2, -0.15) is 0 Å². The van der Waals surface area contributed by atoms with Crippen LogP contribution in [0.4, 0.5) is 0 Å². The fourth-order valence-electron chi connectivity index (χ4n) is 2.19. The van der Waals surface area contributed by atoms with Crippen molar-refractivity contribution in [2.24, 2.45) is 5.92 Å². The fraction of sp³-hybridized carbons (Fsp3) is 0.381. The Bertz CT molecular complexity index is 721. The van der Waals surface area contributed by atoms with E-state index in [9.17, 15) is 19.5 Å². The molecule has 0 aromatic heterocycles. The molecule has 0 heterocycles. The first kappa shape index (κ1) is 23.1. The first-order valence-corrected chi connectivity index (χ1v) is 8.81. The van der Waals surface area contributed by atoms with E-state index in [0.717, 1.165) is 6.08 Å². The molecule has 1 atom stereocenters. The summed E-state index contributed by atoms with van der Waals surface area (Å²) in [6.45, 7) is 10.0. The number of rotatable bonds is 11. The minimum Gasteiger partial charge on any atom is -0.458 e. The van der Waals surface area contributed by atoms with Crippen molar-refractivity contribution in [1.82, 2.24) is 0 Å². The van der Waals surface area contributed by atoms with Crippen molar-refractivity contribution in [3.63, 3.8) is 0 Å². The highest BCUT2D eigenvalue weighted by Gasteiger charge is 2.19. The predicted octanol–water partition coefficient (Wildman–Crippen LogP) is 2.58. The summed E-state index contributed by atoms with van der Waals surface area (Å²) >= 11 is 0. The van der Waals surface area contributed by atoms with Gasteiger partial charge in [-0.25, -0.2) is 14.4 Å². The zero-order valence-corrected chi connectivity index (χ0v) is 16.2. The molecule has 7 nitrogen and oxygen atoms in total. The number of aliphatic hydroxyl groups excluding tert-OH is 1. The maximum atomic E-state index is 12.3. The lowest BCUT2D eigenvalue weighted by atomic mass is 10.1. The minimum atomic E-state index is -1.01. The van der Waals surface area contributed by atoms with Crippen LogP contribution in [0.2, 0.25) is 0 Å². The van der Waals surface area contributed by atoms with Gasteiger partial charge in [-0.05, 0) is 30.0 Å². The highest BCUT2D eigenvalue weighted by atomic mass is 16.6. The van der Waals surface area contributed by atoms with E-state index in [0.29, 0.717) is 17.6 Å². The van der Waals surface area contributed by atoms with E-state index in [1.807, 2.05) is 13.8 Å². The first-order chi connectivity index (χ1) is 13.3. The van der Waals surface area contributed by atoms with Crippen LogP contribution in [0.3, 0.4) is 0 Å². The summed E-state index contributed by atoms with van der Waals surface area (Å²) in [6.07, 6.45) is 0.526. The Labute approximate surface area is 164 Å². The van der Waals surface area contributed by atoms with E-state index in [4.69, 9.17) is 14.2 Å². The Morgan fingerprint density at radius 3 is 2.54 bits per heavy atom. The SMILES string of the molecule is C=CC(=O)OCc1cccc(C(=O)OC(CO)COC(=O)C(=C)CC(C)C)c1. The van der Waals surface area contributed by atoms with Gasteiger partial charge in [0.15, 0.2) is 6.10 Å². The van der Waals surface area contributed by atoms with Crippen molar-refractivity contribution in [1.29, 1.82) is 0 Å². The second kappa shape index (κ2) is 11.7. The van der Waals surface area contributed by atoms with Gasteiger partial charge in [-0.1, -0.05) is 39.1 Å². The summed E-state index contributed by atoms with van der Waals surface area (Å²) in [5.41, 5.74) is 1.11. The zero-order valence-electron chi connectivity index (χ0n) is 16.2. The second-order valence-corrected chi connectivity index (χ2v) is 6.52. The van der Waals surface area contributed by atoms with E-state index in [-0.39, 0.29) is 24.7 Å². The minimum absolute atomic E-state index is 0.0228. The maximum Gasteiger partial charge on any atom is 0.338 e. The molecule has 0 aliphatic heterocycles. The topological polar surface area (TPSA) is 99.1 Å². The average Bonchev–Trinajstić information content (AvgIpc) is 2.68. The number of aliphatic hydroxyl groups is 1. The van der Waals surface area contributed by atoms with E-state index < -0.39 is 30.6 Å². The van der Waals surface area contributed by atoms with Crippen LogP contribution in [0.1, 0.15) is 36.2 Å². The van der Waals surface area contributed by atoms with E-state index in [2.05, 4.69) is 13.2 Å². The summed E-state index contributed by atoms with van der Waals surface area (Å²) in [6, 6.07) is 6.31. The lowest BCUT2D eigenvalue weighted by molar-refractivity contribution is -0.143. The van der Waals surface area contributed by atoms with Gasteiger partial charge in [0.05, 0.1) is 12.2 Å². The van der Waals surface area contributed by atoms with Gasteiger partial charge in [0.1, 0.15) is 13.2 Å². The monoisotopic (exact) mass is 390 g/mol. The molecular formula is C21H26O7. The molecule has 0 saturated carbocycles. The molecule has 0 radical (unpaired) electrons. The molecule has 0 aliphatic rings. The summed E-state index contributed by atoms with van der Waals surface area (Å²) in [5.74, 6) is -1.61. The van der Waals surface area contributed by atoms with Crippen molar-refractivity contribution in [3.8, 4) is 0 Å². The average molecular weight is 390 g/mol. The van der Waals surface area contributed by atoms with Crippen LogP contribution in [-0.4, -0.2) is 42.3 Å². The molecule has 0 saturated heterocycles. The maximum absolute atomic E-state index is 12.3. The lowest BCUT2D eigenvalue weighted by Gasteiger charge is -2.17. The summed E-state index contributed by atoms with van der Waals surface area (Å²) in [4.78, 5) is 35.2. The second-order valence-electron chi connectivity index (χ2n) is 6.52. The van der Waals surface area contributed by atoms with E-state index >= 15 is 0 Å². The zero-order chi connectivity index (χ0) is 21.1. The molecule has 1 aromatic carbocycles. The van der Waals surface area contributed by atoms with Crippen molar-refractivity contribution < 1.29 is 33.7 Å². The van der Waals surface area contributed by atoms with Crippen LogP contribution in [0, 0.1) is 5.92 Å². The van der Waals surface area contributed by atoms with Crippen molar-refractivity contribution in [2.75, 3.05) is 13.2 Å². The molecule has 0 spiro atoms. The Kier molecular flexibility index (Phi) is 9.67. The summed E-state index contributed by atoms with van der Waals surface area (Å²) < 4.78 is 15.1. The highest BCUT2D eigenvalue weighted by molar-refractivity contribution is 5.90. The molecule has 1 N–H and O–H groups in total. The van der Waals surface area contributed by atoms with Gasteiger partial charge in [0.25, 0.3) is 0 Å². The molecular weight excluding hydrogens is 364 g/mol. The Morgan fingerprint density at radius 2 is 1.93 bits per heavy atom. The highest BCUT2D eigenvalue weighted by Crippen LogP contribution is 2.12. The lowest BCUT2D eigenvalue weighted by Crippen LogP contribution is -2.29. The largest absolute Gasteiger partial charge is 0.458 e. The van der Waals surface area contributed by atoms with Crippen LogP contribution in [0.5, 0.6) is 0 Å². The molecule has 1 unspecified atom stereocenters. The molecule has 0 aliphatic carbocycles. The van der Waals surface area contributed by atoms with Crippen LogP contribution in [0.15, 0.2) is 49.1 Å². The molecule has 0 amide bonds. The van der Waals surface area contributed by atoms with Gasteiger partial charge in [0.2, 0.25) is 0 Å². The number of ether oxygens (including phenoxy) is 3. The van der Waals surface area contributed by atoms with Gasteiger partial charge < -0.3 is 19.3 Å². The van der Waals surface area contributed by atoms with Crippen molar-refractivity contribution in [3.05, 3.63) is 60.2 Å². The smallest absolute Gasteiger partial charge is 0.338 e. The Hall–Kier alpha value is -2.93. The van der Waals surface area contributed by atoms with Crippen LogP contribution in [-0.2, 0) is 30.4 Å². The van der Waals surface area contributed by atoms with Gasteiger partial charge >= 0.3 is 17.9 Å². The number of hydrogen-bond acceptors (Lipinski definition) is 7. The van der Waals surface area contributed by atoms with Gasteiger partial charge in [-0.15, -0.1) is 0 Å². The number of benzene rings is 1. The molecule has 0 bridgehead atoms. The third-order valence-electron chi connectivity index (χ3n) is 3.53. The van der Waals surface area contributed by atoms with Crippen LogP contribution in [0.25, 0.3) is 0 Å². The molecule has 1 rings (SSSR count). The van der Waals surface area contributed by atoms with E-state index in [1.165, 1.54) is 12.1 Å². The number of carbonyl (C=O) groups is 3. The molecule has 152 valence electrons. The van der Waals surface area contributed by atoms with Crippen LogP contribution >= 0.6 is 0 Å². The molecule has 0 fully saturated rings. The predicted molar refractivity (Wildman–Crippen MR) is 102 cm³/mol. The van der Waals surface area contributed by atoms with Gasteiger partial charge in [-0.3, -0.25) is 0 Å². The van der Waals surface area contributed by atoms with Crippen molar-refractivity contribution >= 4 is 17.9 Å². The Morgan fingerprint density at radius 1 is 1.21 bits per heavy atom. The molecule has 7 heteroatoms. The van der Waals surface area contributed by atoms with E-state index in [1.54, 1.807) is 12.1 Å². The summed E-state index contributed by atoms with van der Waals surface area (Å²) in [5, 5.41) is 9.39. The molecule has 1 aromatic rings. The Balaban J connectivity index is 2.61. The normalized spacial score (nSPS) is 11.4. The molecule has 28 heavy (non-hydrogen) atoms. The first-order valence-electron chi connectivity index (χ1n) is 8.81. The number of carbonyl (C=O) groups excluding carboxylic acids is 3. The number of esters is 3. The summed E-state index contributed by atoms with van der Waals surface area (Å²) in [7, 11) is 0. The standard InChI is InChI=1S/C21H26O7/c1-5-19(23)26-12-16-7-6-8-17(10-16)21(25)28-18(11-22)13-27-20(24)15(4)9-14(2)3/h5-8,10,14,18,22H,1,4,9,11-13H2,2-3H3. The van der Waals surface area contributed by atoms with Crippen molar-refractivity contribution in [2.45, 2.75) is 33.0 Å². The van der Waals surface area contributed by atoms with Crippen LogP contribution < -0.4 is 0 Å². The number of hydrogen-bond donors (Lipinski definition) is 1. The quantitative estimate of drug-likeness (QED) is 0.352.